The zero-order valence-corrected chi connectivity index (χ0v) is 11.6. The summed E-state index contributed by atoms with van der Waals surface area (Å²) < 4.78 is 45.8. The SMILES string of the molecule is CC(N)Cc1cc(F)ccc1OCc1c(F)cccc1F. The van der Waals surface area contributed by atoms with E-state index in [2.05, 4.69) is 0 Å². The van der Waals surface area contributed by atoms with Crippen LogP contribution in [0.2, 0.25) is 0 Å². The second-order valence-electron chi connectivity index (χ2n) is 4.92. The van der Waals surface area contributed by atoms with Gasteiger partial charge in [0.1, 0.15) is 29.8 Å². The fraction of sp³-hybridized carbons (Fsp3) is 0.250. The van der Waals surface area contributed by atoms with Gasteiger partial charge in [0.05, 0.1) is 5.56 Å². The van der Waals surface area contributed by atoms with Crippen LogP contribution in [0.4, 0.5) is 13.2 Å². The molecule has 1 atom stereocenters. The molecule has 2 nitrogen and oxygen atoms in total. The fourth-order valence-corrected chi connectivity index (χ4v) is 2.02. The zero-order chi connectivity index (χ0) is 15.4. The van der Waals surface area contributed by atoms with Crippen molar-refractivity contribution in [2.24, 2.45) is 5.73 Å². The first-order chi connectivity index (χ1) is 9.97. The molecule has 0 aliphatic heterocycles. The van der Waals surface area contributed by atoms with Crippen molar-refractivity contribution in [3.8, 4) is 5.75 Å². The number of ether oxygens (including phenoxy) is 1. The van der Waals surface area contributed by atoms with E-state index in [9.17, 15) is 13.2 Å². The molecule has 0 radical (unpaired) electrons. The molecule has 0 saturated carbocycles. The molecule has 2 aromatic carbocycles. The summed E-state index contributed by atoms with van der Waals surface area (Å²) in [5.41, 5.74) is 6.11. The van der Waals surface area contributed by atoms with Gasteiger partial charge in [-0.1, -0.05) is 6.07 Å². The van der Waals surface area contributed by atoms with E-state index < -0.39 is 17.5 Å². The van der Waals surface area contributed by atoms with E-state index in [0.717, 1.165) is 12.1 Å². The summed E-state index contributed by atoms with van der Waals surface area (Å²) in [4.78, 5) is 0. The van der Waals surface area contributed by atoms with Crippen LogP contribution in [-0.4, -0.2) is 6.04 Å². The third-order valence-corrected chi connectivity index (χ3v) is 3.00. The number of benzene rings is 2. The molecule has 0 aliphatic carbocycles. The van der Waals surface area contributed by atoms with Gasteiger partial charge in [-0.15, -0.1) is 0 Å². The van der Waals surface area contributed by atoms with Crippen molar-refractivity contribution in [1.82, 2.24) is 0 Å². The van der Waals surface area contributed by atoms with E-state index in [4.69, 9.17) is 10.5 Å². The molecule has 0 heterocycles. The van der Waals surface area contributed by atoms with Crippen molar-refractivity contribution in [3.63, 3.8) is 0 Å². The molecular formula is C16H16F3NO. The Labute approximate surface area is 121 Å². The van der Waals surface area contributed by atoms with Crippen molar-refractivity contribution >= 4 is 0 Å². The van der Waals surface area contributed by atoms with Gasteiger partial charge < -0.3 is 10.5 Å². The molecule has 112 valence electrons. The van der Waals surface area contributed by atoms with Gasteiger partial charge >= 0.3 is 0 Å². The highest BCUT2D eigenvalue weighted by Crippen LogP contribution is 2.23. The molecule has 0 saturated heterocycles. The first-order valence-electron chi connectivity index (χ1n) is 6.57. The smallest absolute Gasteiger partial charge is 0.132 e. The topological polar surface area (TPSA) is 35.2 Å². The quantitative estimate of drug-likeness (QED) is 0.915. The van der Waals surface area contributed by atoms with Gasteiger partial charge in [-0.05, 0) is 49.2 Å². The molecule has 0 bridgehead atoms. The Kier molecular flexibility index (Phi) is 4.85. The number of rotatable bonds is 5. The number of hydrogen-bond acceptors (Lipinski definition) is 2. The minimum atomic E-state index is -0.675. The summed E-state index contributed by atoms with van der Waals surface area (Å²) in [6, 6.07) is 7.41. The summed E-state index contributed by atoms with van der Waals surface area (Å²) in [7, 11) is 0. The van der Waals surface area contributed by atoms with E-state index in [1.54, 1.807) is 6.92 Å². The number of nitrogens with two attached hydrogens (primary N) is 1. The third kappa shape index (κ3) is 3.98. The molecule has 2 aromatic rings. The Morgan fingerprint density at radius 2 is 1.76 bits per heavy atom. The Hall–Kier alpha value is -2.01. The standard InChI is InChI=1S/C16H16F3NO/c1-10(20)7-11-8-12(17)5-6-16(11)21-9-13-14(18)3-2-4-15(13)19/h2-6,8,10H,7,9,20H2,1H3. The Morgan fingerprint density at radius 3 is 2.38 bits per heavy atom. The molecule has 0 fully saturated rings. The highest BCUT2D eigenvalue weighted by atomic mass is 19.1. The fourth-order valence-electron chi connectivity index (χ4n) is 2.02. The lowest BCUT2D eigenvalue weighted by atomic mass is 10.1. The third-order valence-electron chi connectivity index (χ3n) is 3.00. The normalized spacial score (nSPS) is 12.2. The molecule has 0 aliphatic rings. The largest absolute Gasteiger partial charge is 0.488 e. The lowest BCUT2D eigenvalue weighted by Crippen LogP contribution is -2.18. The van der Waals surface area contributed by atoms with Crippen LogP contribution in [0.3, 0.4) is 0 Å². The van der Waals surface area contributed by atoms with Gasteiger partial charge in [-0.3, -0.25) is 0 Å². The monoisotopic (exact) mass is 295 g/mol. The Balaban J connectivity index is 2.20. The molecule has 5 heteroatoms. The predicted molar refractivity (Wildman–Crippen MR) is 74.4 cm³/mol. The predicted octanol–water partition coefficient (Wildman–Crippen LogP) is 3.57. The van der Waals surface area contributed by atoms with Crippen LogP contribution < -0.4 is 10.5 Å². The van der Waals surface area contributed by atoms with Crippen LogP contribution in [0.15, 0.2) is 36.4 Å². The molecule has 2 N–H and O–H groups in total. The van der Waals surface area contributed by atoms with Crippen LogP contribution >= 0.6 is 0 Å². The van der Waals surface area contributed by atoms with Crippen molar-refractivity contribution < 1.29 is 17.9 Å². The second kappa shape index (κ2) is 6.63. The number of hydrogen-bond donors (Lipinski definition) is 1. The average Bonchev–Trinajstić information content (AvgIpc) is 2.39. The van der Waals surface area contributed by atoms with Crippen LogP contribution in [-0.2, 0) is 13.0 Å². The van der Waals surface area contributed by atoms with Gasteiger partial charge in [0.15, 0.2) is 0 Å². The molecule has 0 spiro atoms. The Morgan fingerprint density at radius 1 is 1.10 bits per heavy atom. The first kappa shape index (κ1) is 15.4. The van der Waals surface area contributed by atoms with E-state index in [0.29, 0.717) is 17.7 Å². The summed E-state index contributed by atoms with van der Waals surface area (Å²) in [6.07, 6.45) is 0.410. The van der Waals surface area contributed by atoms with Crippen LogP contribution in [0.25, 0.3) is 0 Å². The van der Waals surface area contributed by atoms with Crippen LogP contribution in [0.1, 0.15) is 18.1 Å². The van der Waals surface area contributed by atoms with Gasteiger partial charge in [-0.25, -0.2) is 13.2 Å². The lowest BCUT2D eigenvalue weighted by molar-refractivity contribution is 0.288. The zero-order valence-electron chi connectivity index (χ0n) is 11.6. The molecule has 2 rings (SSSR count). The average molecular weight is 295 g/mol. The Bertz CT molecular complexity index is 609. The minimum absolute atomic E-state index is 0.159. The summed E-state index contributed by atoms with van der Waals surface area (Å²) in [5, 5.41) is 0. The van der Waals surface area contributed by atoms with Gasteiger partial charge in [0, 0.05) is 6.04 Å². The van der Waals surface area contributed by atoms with Crippen molar-refractivity contribution in [2.45, 2.75) is 26.0 Å². The first-order valence-corrected chi connectivity index (χ1v) is 6.57. The maximum Gasteiger partial charge on any atom is 0.132 e. The van der Waals surface area contributed by atoms with E-state index in [-0.39, 0.29) is 18.2 Å². The highest BCUT2D eigenvalue weighted by Gasteiger charge is 2.12. The van der Waals surface area contributed by atoms with Gasteiger partial charge in [0.25, 0.3) is 0 Å². The van der Waals surface area contributed by atoms with Crippen LogP contribution in [0.5, 0.6) is 5.75 Å². The number of halogens is 3. The summed E-state index contributed by atoms with van der Waals surface area (Å²) in [5.74, 6) is -1.39. The van der Waals surface area contributed by atoms with Crippen molar-refractivity contribution in [1.29, 1.82) is 0 Å². The minimum Gasteiger partial charge on any atom is -0.488 e. The van der Waals surface area contributed by atoms with Crippen molar-refractivity contribution in [2.75, 3.05) is 0 Å². The lowest BCUT2D eigenvalue weighted by Gasteiger charge is -2.14. The molecular weight excluding hydrogens is 279 g/mol. The van der Waals surface area contributed by atoms with Gasteiger partial charge in [-0.2, -0.15) is 0 Å². The maximum absolute atomic E-state index is 13.5. The second-order valence-corrected chi connectivity index (χ2v) is 4.92. The van der Waals surface area contributed by atoms with E-state index in [1.807, 2.05) is 0 Å². The molecule has 0 amide bonds. The maximum atomic E-state index is 13.5. The van der Waals surface area contributed by atoms with Crippen molar-refractivity contribution in [3.05, 3.63) is 65.0 Å². The van der Waals surface area contributed by atoms with E-state index >= 15 is 0 Å². The summed E-state index contributed by atoms with van der Waals surface area (Å²) in [6.45, 7) is 1.52. The molecule has 21 heavy (non-hydrogen) atoms. The highest BCUT2D eigenvalue weighted by molar-refractivity contribution is 5.35. The van der Waals surface area contributed by atoms with Crippen LogP contribution in [0, 0.1) is 17.5 Å². The summed E-state index contributed by atoms with van der Waals surface area (Å²) >= 11 is 0. The molecule has 1 unspecified atom stereocenters. The molecule has 0 aromatic heterocycles. The van der Waals surface area contributed by atoms with E-state index in [1.165, 1.54) is 24.3 Å². The van der Waals surface area contributed by atoms with Gasteiger partial charge in [0.2, 0.25) is 0 Å².